The van der Waals surface area contributed by atoms with Crippen LogP contribution in [-0.4, -0.2) is 77.8 Å². The number of carbonyl (C=O) groups excluding carboxylic acids is 1. The lowest BCUT2D eigenvalue weighted by atomic mass is 9.73. The number of halogens is 2. The molecule has 0 aromatic carbocycles. The number of anilines is 1. The number of alkyl halides is 2. The number of carbonyl (C=O) groups is 1. The van der Waals surface area contributed by atoms with Crippen molar-refractivity contribution in [3.63, 3.8) is 0 Å². The molecule has 1 aromatic heterocycles. The van der Waals surface area contributed by atoms with Crippen molar-refractivity contribution < 1.29 is 13.6 Å². The normalized spacial score (nSPS) is 29.9. The molecule has 1 saturated carbocycles. The number of nitrogens with one attached hydrogen (secondary N) is 2. The Balaban J connectivity index is 0.000000396. The van der Waals surface area contributed by atoms with Gasteiger partial charge in [-0.25, -0.2) is 8.78 Å². The second-order valence-corrected chi connectivity index (χ2v) is 10.2. The number of hydrogen-bond acceptors (Lipinski definition) is 9. The van der Waals surface area contributed by atoms with Gasteiger partial charge >= 0.3 is 0 Å². The zero-order chi connectivity index (χ0) is 26.4. The van der Waals surface area contributed by atoms with Crippen LogP contribution < -0.4 is 15.5 Å². The first-order valence-corrected chi connectivity index (χ1v) is 12.8. The fraction of sp³-hybridized carbons (Fsp3) is 0.680. The smallest absolute Gasteiger partial charge is 0.268 e. The first-order chi connectivity index (χ1) is 17.8. The Morgan fingerprint density at radius 1 is 1.11 bits per heavy atom. The van der Waals surface area contributed by atoms with Crippen molar-refractivity contribution in [3.8, 4) is 18.2 Å². The average Bonchev–Trinajstić information content (AvgIpc) is 3.54. The Hall–Kier alpha value is -3.40. The zero-order valence-electron chi connectivity index (χ0n) is 20.6. The molecule has 1 aromatic rings. The van der Waals surface area contributed by atoms with E-state index in [0.717, 1.165) is 62.5 Å². The molecule has 0 radical (unpaired) electrons. The number of hydrogen-bond donors (Lipinski definition) is 2. The molecule has 12 heteroatoms. The van der Waals surface area contributed by atoms with Gasteiger partial charge in [0.1, 0.15) is 12.1 Å². The van der Waals surface area contributed by atoms with Crippen molar-refractivity contribution in [3.05, 3.63) is 17.8 Å². The van der Waals surface area contributed by atoms with E-state index in [-0.39, 0.29) is 24.3 Å². The van der Waals surface area contributed by atoms with Crippen molar-refractivity contribution in [1.29, 1.82) is 15.8 Å². The van der Waals surface area contributed by atoms with E-state index in [2.05, 4.69) is 31.8 Å². The first-order valence-electron chi connectivity index (χ1n) is 12.8. The minimum absolute atomic E-state index is 0.0391. The fourth-order valence-corrected chi connectivity index (χ4v) is 5.81. The number of nitrogens with zero attached hydrogens (tertiary/aromatic N) is 7. The summed E-state index contributed by atoms with van der Waals surface area (Å²) in [5.41, 5.74) is 0.275. The summed E-state index contributed by atoms with van der Waals surface area (Å²) in [6.45, 7) is 1.81. The van der Waals surface area contributed by atoms with Crippen molar-refractivity contribution in [2.24, 2.45) is 11.8 Å². The Kier molecular flexibility index (Phi) is 8.48. The monoisotopic (exact) mass is 511 g/mol. The van der Waals surface area contributed by atoms with Crippen molar-refractivity contribution in [1.82, 2.24) is 25.7 Å². The van der Waals surface area contributed by atoms with Gasteiger partial charge in [-0.3, -0.25) is 4.79 Å². The third-order valence-electron chi connectivity index (χ3n) is 7.61. The predicted molar refractivity (Wildman–Crippen MR) is 129 cm³/mol. The molecule has 37 heavy (non-hydrogen) atoms. The van der Waals surface area contributed by atoms with Crippen LogP contribution in [0, 0.1) is 45.8 Å². The van der Waals surface area contributed by atoms with E-state index in [1.54, 1.807) is 12.1 Å². The van der Waals surface area contributed by atoms with Crippen LogP contribution >= 0.6 is 0 Å². The Morgan fingerprint density at radius 3 is 2.41 bits per heavy atom. The van der Waals surface area contributed by atoms with Crippen molar-refractivity contribution in [2.45, 2.75) is 62.6 Å². The first kappa shape index (κ1) is 26.7. The molecule has 4 aliphatic rings. The second-order valence-electron chi connectivity index (χ2n) is 10.2. The standard InChI is InChI=1S/C20H23F2N7O.C5H8N2/c21-20(22)6-16(8-24)29(12-20)18(30)9-25-19-13-2-1-3-14(19)11-28(10-13)17-5-4-15(7-23)26-27-17;6-4-5-2-1-3-7-5/h4-5,13-14,16,19,25H,1-3,6,9-12H2;5,7H,1-3H2/t13?,14?,16-,19?;/m0./s1. The van der Waals surface area contributed by atoms with Crippen LogP contribution in [0.15, 0.2) is 12.1 Å². The van der Waals surface area contributed by atoms with E-state index < -0.39 is 30.8 Å². The summed E-state index contributed by atoms with van der Waals surface area (Å²) in [6.07, 6.45) is 4.73. The van der Waals surface area contributed by atoms with Crippen molar-refractivity contribution >= 4 is 11.7 Å². The summed E-state index contributed by atoms with van der Waals surface area (Å²) in [5, 5.41) is 40.7. The number of rotatable bonds is 4. The largest absolute Gasteiger partial charge is 0.354 e. The third-order valence-corrected chi connectivity index (χ3v) is 7.61. The van der Waals surface area contributed by atoms with Crippen molar-refractivity contribution in [2.75, 3.05) is 37.6 Å². The highest BCUT2D eigenvalue weighted by molar-refractivity contribution is 5.79. The van der Waals surface area contributed by atoms with Crippen LogP contribution in [0.5, 0.6) is 0 Å². The highest BCUT2D eigenvalue weighted by Crippen LogP contribution is 2.36. The van der Waals surface area contributed by atoms with Crippen LogP contribution in [0.25, 0.3) is 0 Å². The molecule has 3 aliphatic heterocycles. The number of fused-ring (bicyclic) bond motifs is 2. The third kappa shape index (κ3) is 6.49. The van der Waals surface area contributed by atoms with Gasteiger partial charge in [0.2, 0.25) is 5.91 Å². The van der Waals surface area contributed by atoms with Crippen LogP contribution in [-0.2, 0) is 4.79 Å². The van der Waals surface area contributed by atoms with Gasteiger partial charge in [-0.2, -0.15) is 15.8 Å². The molecule has 2 bridgehead atoms. The molecule has 0 spiro atoms. The van der Waals surface area contributed by atoms with E-state index >= 15 is 0 Å². The highest BCUT2D eigenvalue weighted by atomic mass is 19.3. The average molecular weight is 512 g/mol. The number of likely N-dealkylation sites (tertiary alicyclic amines) is 1. The lowest BCUT2D eigenvalue weighted by Gasteiger charge is -2.48. The minimum Gasteiger partial charge on any atom is -0.354 e. The van der Waals surface area contributed by atoms with Crippen LogP contribution in [0.4, 0.5) is 14.6 Å². The molecule has 1 amide bonds. The SMILES string of the molecule is N#CC1CCCN1.N#Cc1ccc(N2CC3CCCC(C2)C3NCC(=O)N2CC(F)(F)C[C@H]2C#N)nn1. The molecule has 3 unspecified atom stereocenters. The van der Waals surface area contributed by atoms with Gasteiger partial charge in [-0.1, -0.05) is 6.42 Å². The van der Waals surface area contributed by atoms with Crippen LogP contribution in [0.3, 0.4) is 0 Å². The molecule has 4 heterocycles. The van der Waals surface area contributed by atoms with E-state index in [4.69, 9.17) is 15.8 Å². The Bertz CT molecular complexity index is 1060. The number of piperidine rings is 1. The van der Waals surface area contributed by atoms with Crippen LogP contribution in [0.2, 0.25) is 0 Å². The van der Waals surface area contributed by atoms with Gasteiger partial charge in [0.15, 0.2) is 11.5 Å². The van der Waals surface area contributed by atoms with Gasteiger partial charge < -0.3 is 20.4 Å². The Morgan fingerprint density at radius 2 is 1.86 bits per heavy atom. The maximum atomic E-state index is 13.6. The lowest BCUT2D eigenvalue weighted by molar-refractivity contribution is -0.131. The lowest BCUT2D eigenvalue weighted by Crippen LogP contribution is -2.58. The van der Waals surface area contributed by atoms with E-state index in [0.29, 0.717) is 11.8 Å². The van der Waals surface area contributed by atoms with Crippen LogP contribution in [0.1, 0.15) is 44.2 Å². The molecule has 4 atom stereocenters. The molecule has 2 N–H and O–H groups in total. The molecule has 3 saturated heterocycles. The predicted octanol–water partition coefficient (Wildman–Crippen LogP) is 1.56. The zero-order valence-corrected chi connectivity index (χ0v) is 20.6. The van der Waals surface area contributed by atoms with Gasteiger partial charge in [-0.05, 0) is 56.2 Å². The molecule has 196 valence electrons. The summed E-state index contributed by atoms with van der Waals surface area (Å²) < 4.78 is 27.3. The summed E-state index contributed by atoms with van der Waals surface area (Å²) >= 11 is 0. The van der Waals surface area contributed by atoms with Gasteiger partial charge in [0.25, 0.3) is 5.92 Å². The summed E-state index contributed by atoms with van der Waals surface area (Å²) in [4.78, 5) is 15.7. The second kappa shape index (κ2) is 11.8. The fourth-order valence-electron chi connectivity index (χ4n) is 5.81. The number of amides is 1. The molecular formula is C25H31F2N9O. The summed E-state index contributed by atoms with van der Waals surface area (Å²) in [5.74, 6) is -2.11. The maximum absolute atomic E-state index is 13.6. The molecule has 5 rings (SSSR count). The minimum atomic E-state index is -3.00. The summed E-state index contributed by atoms with van der Waals surface area (Å²) in [7, 11) is 0. The maximum Gasteiger partial charge on any atom is 0.268 e. The molecular weight excluding hydrogens is 480 g/mol. The number of nitriles is 3. The van der Waals surface area contributed by atoms with E-state index in [1.807, 2.05) is 12.1 Å². The molecule has 1 aliphatic carbocycles. The Labute approximate surface area is 215 Å². The van der Waals surface area contributed by atoms with E-state index in [1.165, 1.54) is 0 Å². The quantitative estimate of drug-likeness (QED) is 0.615. The van der Waals surface area contributed by atoms with Gasteiger partial charge in [0, 0.05) is 25.6 Å². The highest BCUT2D eigenvalue weighted by Gasteiger charge is 2.47. The molecule has 4 fully saturated rings. The van der Waals surface area contributed by atoms with Gasteiger partial charge in [0.05, 0.1) is 31.3 Å². The van der Waals surface area contributed by atoms with E-state index in [9.17, 15) is 13.6 Å². The molecule has 10 nitrogen and oxygen atoms in total. The number of aromatic nitrogens is 2. The topological polar surface area (TPSA) is 145 Å². The summed E-state index contributed by atoms with van der Waals surface area (Å²) in [6, 6.07) is 8.59. The van der Waals surface area contributed by atoms with Gasteiger partial charge in [-0.15, -0.1) is 10.2 Å².